The molecule has 6 nitrogen and oxygen atoms in total. The Balaban J connectivity index is 1.57. The maximum atomic E-state index is 13.1. The van der Waals surface area contributed by atoms with E-state index in [-0.39, 0.29) is 36.1 Å². The van der Waals surface area contributed by atoms with Crippen LogP contribution in [0.15, 0.2) is 107 Å². The van der Waals surface area contributed by atoms with Crippen LogP contribution >= 0.6 is 23.2 Å². The quantitative estimate of drug-likeness (QED) is 0.261. The molecule has 0 spiro atoms. The molecule has 0 fully saturated rings. The third-order valence-electron chi connectivity index (χ3n) is 4.69. The van der Waals surface area contributed by atoms with Gasteiger partial charge in [-0.3, -0.25) is 0 Å². The van der Waals surface area contributed by atoms with E-state index in [1.807, 2.05) is 0 Å². The topological polar surface area (TPSA) is 92.3 Å². The first-order valence-corrected chi connectivity index (χ1v) is 20.0. The standard InChI is InChI=1S/C24H18Cl2N2O4S2Se2/c25-17-9-13-19(14-10-17)27-33(29,30)21-5-1-3-7-23(21)35-36-24-8-4-2-6-22(24)34(31,32)28-20-15-11-18(26)12-16-20/h1-16,27-28H. The molecule has 0 bridgehead atoms. The molecule has 0 saturated heterocycles. The van der Waals surface area contributed by atoms with Gasteiger partial charge in [0.25, 0.3) is 0 Å². The van der Waals surface area contributed by atoms with Gasteiger partial charge in [0.05, 0.1) is 0 Å². The van der Waals surface area contributed by atoms with Crippen molar-refractivity contribution in [3.05, 3.63) is 107 Å². The van der Waals surface area contributed by atoms with Crippen molar-refractivity contribution >= 4 is 89.8 Å². The second kappa shape index (κ2) is 11.6. The van der Waals surface area contributed by atoms with E-state index >= 15 is 0 Å². The fraction of sp³-hybridized carbons (Fsp3) is 0. The van der Waals surface area contributed by atoms with Gasteiger partial charge in [-0.1, -0.05) is 0 Å². The van der Waals surface area contributed by atoms with E-state index in [0.29, 0.717) is 30.3 Å². The molecule has 4 rings (SSSR count). The molecule has 0 radical (unpaired) electrons. The monoisotopic (exact) mass is 692 g/mol. The summed E-state index contributed by atoms with van der Waals surface area (Å²) in [6, 6.07) is 26.3. The molecule has 0 aliphatic rings. The Morgan fingerprint density at radius 3 is 1.19 bits per heavy atom. The minimum atomic E-state index is -3.85. The number of anilines is 2. The van der Waals surface area contributed by atoms with Crippen molar-refractivity contribution < 1.29 is 16.8 Å². The summed E-state index contributed by atoms with van der Waals surface area (Å²) in [5.41, 5.74) is 0.800. The van der Waals surface area contributed by atoms with Crippen LogP contribution in [0.4, 0.5) is 11.4 Å². The van der Waals surface area contributed by atoms with Crippen molar-refractivity contribution in [1.29, 1.82) is 0 Å². The fourth-order valence-corrected chi connectivity index (χ4v) is 15.3. The van der Waals surface area contributed by atoms with Crippen LogP contribution in [0.25, 0.3) is 0 Å². The third kappa shape index (κ3) is 6.85. The van der Waals surface area contributed by atoms with Gasteiger partial charge in [-0.05, 0) is 0 Å². The Bertz CT molecular complexity index is 1460. The van der Waals surface area contributed by atoms with Gasteiger partial charge in [0.2, 0.25) is 0 Å². The Kier molecular flexibility index (Phi) is 8.71. The first-order valence-electron chi connectivity index (χ1n) is 10.2. The van der Waals surface area contributed by atoms with Crippen molar-refractivity contribution in [3.63, 3.8) is 0 Å². The summed E-state index contributed by atoms with van der Waals surface area (Å²) in [6.07, 6.45) is 0. The molecular weight excluding hydrogens is 673 g/mol. The molecule has 36 heavy (non-hydrogen) atoms. The SMILES string of the molecule is O=S(=O)(Nc1ccc(Cl)cc1)c1ccccc1[Se][Se]c1ccccc1S(=O)(=O)Nc1ccc(Cl)cc1. The van der Waals surface area contributed by atoms with E-state index in [2.05, 4.69) is 9.44 Å². The zero-order valence-corrected chi connectivity index (χ0v) is 24.8. The van der Waals surface area contributed by atoms with E-state index in [4.69, 9.17) is 23.2 Å². The molecule has 0 atom stereocenters. The van der Waals surface area contributed by atoms with E-state index in [0.717, 1.165) is 0 Å². The van der Waals surface area contributed by atoms with Crippen molar-refractivity contribution in [3.8, 4) is 0 Å². The number of benzene rings is 4. The Morgan fingerprint density at radius 2 is 0.833 bits per heavy atom. The van der Waals surface area contributed by atoms with Crippen LogP contribution in [-0.4, -0.2) is 43.1 Å². The van der Waals surface area contributed by atoms with Crippen LogP contribution in [0.1, 0.15) is 0 Å². The molecule has 0 unspecified atom stereocenters. The summed E-state index contributed by atoms with van der Waals surface area (Å²) >= 11 is 11.2. The molecule has 0 heterocycles. The Hall–Kier alpha value is -2.00. The zero-order valence-electron chi connectivity index (χ0n) is 18.3. The summed E-state index contributed by atoms with van der Waals surface area (Å²) in [4.78, 5) is 0.336. The summed E-state index contributed by atoms with van der Waals surface area (Å²) < 4.78 is 59.0. The molecule has 0 aromatic heterocycles. The summed E-state index contributed by atoms with van der Waals surface area (Å²) in [6.45, 7) is 0. The van der Waals surface area contributed by atoms with Crippen LogP contribution in [0.3, 0.4) is 0 Å². The average molecular weight is 691 g/mol. The van der Waals surface area contributed by atoms with Crippen LogP contribution in [0.5, 0.6) is 0 Å². The van der Waals surface area contributed by atoms with Gasteiger partial charge in [-0.25, -0.2) is 0 Å². The molecule has 186 valence electrons. The number of halogens is 2. The van der Waals surface area contributed by atoms with Gasteiger partial charge in [0.1, 0.15) is 0 Å². The number of nitrogens with one attached hydrogen (secondary N) is 2. The van der Waals surface area contributed by atoms with Crippen LogP contribution in [0, 0.1) is 0 Å². The first-order chi connectivity index (χ1) is 17.1. The molecular formula is C24H18Cl2N2O4S2Se2. The van der Waals surface area contributed by atoms with E-state index < -0.39 is 20.0 Å². The second-order valence-electron chi connectivity index (χ2n) is 7.28. The van der Waals surface area contributed by atoms with E-state index in [1.54, 1.807) is 97.1 Å². The summed E-state index contributed by atoms with van der Waals surface area (Å²) in [5.74, 6) is 0. The normalized spacial score (nSPS) is 11.7. The minimum absolute atomic E-state index is 0.168. The van der Waals surface area contributed by atoms with Gasteiger partial charge < -0.3 is 0 Å². The van der Waals surface area contributed by atoms with Crippen molar-refractivity contribution in [2.24, 2.45) is 0 Å². The number of hydrogen-bond acceptors (Lipinski definition) is 4. The predicted octanol–water partition coefficient (Wildman–Crippen LogP) is 3.87. The molecule has 0 aliphatic heterocycles. The summed E-state index contributed by atoms with van der Waals surface area (Å²) in [5, 5.41) is 1.01. The fourth-order valence-electron chi connectivity index (χ4n) is 3.03. The summed E-state index contributed by atoms with van der Waals surface area (Å²) in [7, 11) is -7.71. The number of sulfonamides is 2. The first kappa shape index (κ1) is 27.0. The molecule has 2 N–H and O–H groups in total. The third-order valence-corrected chi connectivity index (χ3v) is 15.9. The molecule has 4 aromatic carbocycles. The Morgan fingerprint density at radius 1 is 0.500 bits per heavy atom. The van der Waals surface area contributed by atoms with E-state index in [9.17, 15) is 16.8 Å². The van der Waals surface area contributed by atoms with E-state index in [1.165, 1.54) is 0 Å². The molecule has 0 aliphatic carbocycles. The molecule has 4 aromatic rings. The van der Waals surface area contributed by atoms with Crippen LogP contribution in [-0.2, 0) is 20.0 Å². The van der Waals surface area contributed by atoms with Gasteiger partial charge in [0, 0.05) is 0 Å². The van der Waals surface area contributed by atoms with Gasteiger partial charge in [0.15, 0.2) is 0 Å². The number of rotatable bonds is 9. The zero-order chi connectivity index (χ0) is 25.8. The van der Waals surface area contributed by atoms with Crippen molar-refractivity contribution in [1.82, 2.24) is 0 Å². The Labute approximate surface area is 231 Å². The van der Waals surface area contributed by atoms with Crippen molar-refractivity contribution in [2.45, 2.75) is 9.79 Å². The van der Waals surface area contributed by atoms with Gasteiger partial charge in [-0.15, -0.1) is 0 Å². The molecule has 0 amide bonds. The maximum absolute atomic E-state index is 13.1. The predicted molar refractivity (Wildman–Crippen MR) is 148 cm³/mol. The number of hydrogen-bond donors (Lipinski definition) is 2. The van der Waals surface area contributed by atoms with Crippen LogP contribution in [0.2, 0.25) is 10.0 Å². The molecule has 12 heteroatoms. The van der Waals surface area contributed by atoms with Gasteiger partial charge >= 0.3 is 233 Å². The van der Waals surface area contributed by atoms with Gasteiger partial charge in [-0.2, -0.15) is 0 Å². The molecule has 0 saturated carbocycles. The second-order valence-corrected chi connectivity index (χ2v) is 17.6. The average Bonchev–Trinajstić information content (AvgIpc) is 2.86. The van der Waals surface area contributed by atoms with Crippen LogP contribution < -0.4 is 18.4 Å². The van der Waals surface area contributed by atoms with Crippen molar-refractivity contribution in [2.75, 3.05) is 9.44 Å².